The van der Waals surface area contributed by atoms with Crippen LogP contribution in [0.2, 0.25) is 0 Å². The number of fused-ring (bicyclic) bond motifs is 1. The SMILES string of the molecule is CCOc1ccc([C@@H]2Nn3c(C)nnc3S[C@@H]2C(=O)Nc2cc(C)cc(C)c2)cc1. The maximum Gasteiger partial charge on any atom is 0.240 e. The van der Waals surface area contributed by atoms with Gasteiger partial charge in [0.15, 0.2) is 0 Å². The Morgan fingerprint density at radius 2 is 1.83 bits per heavy atom. The molecular formula is C22H25N5O2S. The molecular weight excluding hydrogens is 398 g/mol. The fourth-order valence-electron chi connectivity index (χ4n) is 3.61. The molecule has 2 heterocycles. The van der Waals surface area contributed by atoms with Gasteiger partial charge in [-0.3, -0.25) is 4.79 Å². The molecule has 2 aromatic carbocycles. The molecule has 3 aromatic rings. The highest BCUT2D eigenvalue weighted by molar-refractivity contribution is 8.00. The van der Waals surface area contributed by atoms with E-state index < -0.39 is 5.25 Å². The fraction of sp³-hybridized carbons (Fsp3) is 0.318. The monoisotopic (exact) mass is 423 g/mol. The second-order valence-electron chi connectivity index (χ2n) is 7.38. The molecule has 1 aliphatic rings. The number of nitrogens with one attached hydrogen (secondary N) is 2. The van der Waals surface area contributed by atoms with Gasteiger partial charge < -0.3 is 15.5 Å². The molecule has 7 nitrogen and oxygen atoms in total. The number of anilines is 1. The van der Waals surface area contributed by atoms with E-state index in [1.165, 1.54) is 11.8 Å². The molecule has 0 aliphatic carbocycles. The predicted molar refractivity (Wildman–Crippen MR) is 119 cm³/mol. The average molecular weight is 424 g/mol. The lowest BCUT2D eigenvalue weighted by Crippen LogP contribution is -2.41. The van der Waals surface area contributed by atoms with Crippen LogP contribution in [0.4, 0.5) is 5.69 Å². The summed E-state index contributed by atoms with van der Waals surface area (Å²) in [5.74, 6) is 1.48. The lowest BCUT2D eigenvalue weighted by molar-refractivity contribution is -0.116. The normalized spacial score (nSPS) is 17.7. The van der Waals surface area contributed by atoms with Crippen LogP contribution in [0.15, 0.2) is 47.6 Å². The maximum absolute atomic E-state index is 13.3. The van der Waals surface area contributed by atoms with Crippen molar-refractivity contribution in [3.63, 3.8) is 0 Å². The molecule has 0 spiro atoms. The lowest BCUT2D eigenvalue weighted by Gasteiger charge is -2.32. The Morgan fingerprint density at radius 3 is 2.50 bits per heavy atom. The standard InChI is InChI=1S/C22H25N5O2S/c1-5-29-18-8-6-16(7-9-18)19-20(30-22-25-24-15(4)27(22)26-19)21(28)23-17-11-13(2)10-14(3)12-17/h6-12,19-20,26H,5H2,1-4H3,(H,23,28)/t19-,20-/m0/s1. The fourth-order valence-corrected chi connectivity index (χ4v) is 4.73. The summed E-state index contributed by atoms with van der Waals surface area (Å²) in [5.41, 5.74) is 7.43. The summed E-state index contributed by atoms with van der Waals surface area (Å²) in [7, 11) is 0. The van der Waals surface area contributed by atoms with E-state index in [9.17, 15) is 4.79 Å². The van der Waals surface area contributed by atoms with Gasteiger partial charge in [0.1, 0.15) is 16.8 Å². The van der Waals surface area contributed by atoms with Crippen molar-refractivity contribution >= 4 is 23.4 Å². The van der Waals surface area contributed by atoms with E-state index in [-0.39, 0.29) is 11.9 Å². The average Bonchev–Trinajstić information content (AvgIpc) is 3.07. The summed E-state index contributed by atoms with van der Waals surface area (Å²) in [5, 5.41) is 11.7. The minimum absolute atomic E-state index is 0.0803. The molecule has 1 aromatic heterocycles. The van der Waals surface area contributed by atoms with Crippen LogP contribution in [-0.4, -0.2) is 32.6 Å². The smallest absolute Gasteiger partial charge is 0.240 e. The first-order chi connectivity index (χ1) is 14.4. The van der Waals surface area contributed by atoms with Crippen LogP contribution in [0.1, 0.15) is 35.5 Å². The lowest BCUT2D eigenvalue weighted by atomic mass is 10.0. The Hall–Kier alpha value is -3.00. The molecule has 0 bridgehead atoms. The number of aryl methyl sites for hydroxylation is 3. The van der Waals surface area contributed by atoms with Gasteiger partial charge in [0.25, 0.3) is 0 Å². The molecule has 1 amide bonds. The van der Waals surface area contributed by atoms with E-state index in [4.69, 9.17) is 4.74 Å². The molecule has 8 heteroatoms. The molecule has 2 atom stereocenters. The Kier molecular flexibility index (Phi) is 5.67. The quantitative estimate of drug-likeness (QED) is 0.646. The zero-order chi connectivity index (χ0) is 21.3. The number of thioether (sulfide) groups is 1. The van der Waals surface area contributed by atoms with E-state index in [0.29, 0.717) is 11.8 Å². The highest BCUT2D eigenvalue weighted by Crippen LogP contribution is 2.38. The molecule has 0 fully saturated rings. The van der Waals surface area contributed by atoms with Crippen LogP contribution in [0, 0.1) is 20.8 Å². The summed E-state index contributed by atoms with van der Waals surface area (Å²) >= 11 is 1.41. The van der Waals surface area contributed by atoms with Gasteiger partial charge in [-0.2, -0.15) is 0 Å². The van der Waals surface area contributed by atoms with Gasteiger partial charge in [-0.15, -0.1) is 10.2 Å². The topological polar surface area (TPSA) is 81.1 Å². The molecule has 0 saturated heterocycles. The van der Waals surface area contributed by atoms with Gasteiger partial charge in [0, 0.05) is 5.69 Å². The van der Waals surface area contributed by atoms with Crippen molar-refractivity contribution in [2.24, 2.45) is 0 Å². The van der Waals surface area contributed by atoms with E-state index in [1.54, 1.807) is 0 Å². The van der Waals surface area contributed by atoms with Gasteiger partial charge in [-0.25, -0.2) is 4.68 Å². The van der Waals surface area contributed by atoms with Crippen molar-refractivity contribution in [3.8, 4) is 5.75 Å². The Morgan fingerprint density at radius 1 is 1.13 bits per heavy atom. The van der Waals surface area contributed by atoms with Crippen molar-refractivity contribution in [2.45, 2.75) is 44.1 Å². The van der Waals surface area contributed by atoms with Gasteiger partial charge in [-0.05, 0) is 68.7 Å². The number of hydrogen-bond acceptors (Lipinski definition) is 6. The Bertz CT molecular complexity index is 1040. The summed E-state index contributed by atoms with van der Waals surface area (Å²) in [6, 6.07) is 13.6. The van der Waals surface area contributed by atoms with Gasteiger partial charge in [-0.1, -0.05) is 30.0 Å². The van der Waals surface area contributed by atoms with Crippen molar-refractivity contribution in [1.82, 2.24) is 14.9 Å². The Balaban J connectivity index is 1.64. The molecule has 0 saturated carbocycles. The molecule has 1 aliphatic heterocycles. The molecule has 0 unspecified atom stereocenters. The van der Waals surface area contributed by atoms with Crippen LogP contribution in [0.25, 0.3) is 0 Å². The van der Waals surface area contributed by atoms with E-state index in [1.807, 2.05) is 68.8 Å². The van der Waals surface area contributed by atoms with Crippen LogP contribution in [0.5, 0.6) is 5.75 Å². The van der Waals surface area contributed by atoms with Gasteiger partial charge in [0.2, 0.25) is 11.1 Å². The van der Waals surface area contributed by atoms with Gasteiger partial charge >= 0.3 is 0 Å². The maximum atomic E-state index is 13.3. The van der Waals surface area contributed by atoms with Crippen LogP contribution >= 0.6 is 11.8 Å². The zero-order valence-electron chi connectivity index (χ0n) is 17.5. The summed E-state index contributed by atoms with van der Waals surface area (Å²) in [6.45, 7) is 8.49. The van der Waals surface area contributed by atoms with Gasteiger partial charge in [0.05, 0.1) is 12.6 Å². The predicted octanol–water partition coefficient (Wildman–Crippen LogP) is 4.00. The van der Waals surface area contributed by atoms with Crippen molar-refractivity contribution in [3.05, 3.63) is 65.0 Å². The first-order valence-corrected chi connectivity index (χ1v) is 10.8. The first kappa shape index (κ1) is 20.3. The number of amides is 1. The largest absolute Gasteiger partial charge is 0.494 e. The zero-order valence-corrected chi connectivity index (χ0v) is 18.3. The van der Waals surface area contributed by atoms with Crippen molar-refractivity contribution in [1.29, 1.82) is 0 Å². The second-order valence-corrected chi connectivity index (χ2v) is 8.49. The first-order valence-electron chi connectivity index (χ1n) is 9.91. The molecule has 2 N–H and O–H groups in total. The molecule has 0 radical (unpaired) electrons. The highest BCUT2D eigenvalue weighted by Gasteiger charge is 2.37. The van der Waals surface area contributed by atoms with Crippen LogP contribution in [-0.2, 0) is 4.79 Å². The number of ether oxygens (including phenoxy) is 1. The molecule has 30 heavy (non-hydrogen) atoms. The number of carbonyl (C=O) groups excluding carboxylic acids is 1. The molecule has 156 valence electrons. The molecule has 4 rings (SSSR count). The third-order valence-electron chi connectivity index (χ3n) is 4.90. The second kappa shape index (κ2) is 8.39. The summed E-state index contributed by atoms with van der Waals surface area (Å²) in [6.07, 6.45) is 0. The van der Waals surface area contributed by atoms with Crippen LogP contribution in [0.3, 0.4) is 0 Å². The van der Waals surface area contributed by atoms with Crippen molar-refractivity contribution in [2.75, 3.05) is 17.3 Å². The van der Waals surface area contributed by atoms with Crippen LogP contribution < -0.4 is 15.5 Å². The Labute approximate surface area is 180 Å². The van der Waals surface area contributed by atoms with E-state index >= 15 is 0 Å². The number of benzene rings is 2. The minimum atomic E-state index is -0.417. The number of hydrogen-bond donors (Lipinski definition) is 2. The summed E-state index contributed by atoms with van der Waals surface area (Å²) < 4.78 is 7.40. The number of carbonyl (C=O) groups is 1. The number of rotatable bonds is 5. The third kappa shape index (κ3) is 4.14. The van der Waals surface area contributed by atoms with Crippen molar-refractivity contribution < 1.29 is 9.53 Å². The summed E-state index contributed by atoms with van der Waals surface area (Å²) in [4.78, 5) is 13.3. The van der Waals surface area contributed by atoms with E-state index in [2.05, 4.69) is 27.0 Å². The minimum Gasteiger partial charge on any atom is -0.494 e. The number of nitrogens with zero attached hydrogens (tertiary/aromatic N) is 3. The number of aromatic nitrogens is 3. The van der Waals surface area contributed by atoms with E-state index in [0.717, 1.165) is 34.0 Å². The highest BCUT2D eigenvalue weighted by atomic mass is 32.2. The third-order valence-corrected chi connectivity index (χ3v) is 6.11.